The van der Waals surface area contributed by atoms with E-state index in [1.54, 1.807) is 35.0 Å². The van der Waals surface area contributed by atoms with Gasteiger partial charge >= 0.3 is 14.8 Å². The second kappa shape index (κ2) is 30.9. The molecule has 0 aliphatic carbocycles. The van der Waals surface area contributed by atoms with E-state index < -0.39 is 14.8 Å². The highest BCUT2D eigenvalue weighted by Gasteiger charge is 2.54. The highest BCUT2D eigenvalue weighted by Crippen LogP contribution is 2.52. The molecule has 4 aromatic heterocycles. The molecule has 0 spiro atoms. The molecule has 2 aliphatic rings. The van der Waals surface area contributed by atoms with Crippen LogP contribution in [0, 0.1) is 11.8 Å². The molecular weight excluding hydrogens is 1060 g/mol. The van der Waals surface area contributed by atoms with Crippen molar-refractivity contribution < 1.29 is 26.7 Å². The minimum atomic E-state index is -3.10. The Kier molecular flexibility index (Phi) is 23.6. The van der Waals surface area contributed by atoms with Crippen LogP contribution in [0.15, 0.2) is 92.6 Å². The smallest absolute Gasteiger partial charge is 0.493 e. The van der Waals surface area contributed by atoms with E-state index >= 15 is 17.3 Å². The maximum Gasteiger partial charge on any atom is 0.679 e. The summed E-state index contributed by atoms with van der Waals surface area (Å²) in [5.74, 6) is 2.01. The largest absolute Gasteiger partial charge is 0.679 e. The maximum absolute atomic E-state index is 16.0. The van der Waals surface area contributed by atoms with E-state index in [1.165, 1.54) is 174 Å². The summed E-state index contributed by atoms with van der Waals surface area (Å²) in [6.45, 7) is 10.2. The summed E-state index contributed by atoms with van der Waals surface area (Å²) < 4.78 is 78.7. The van der Waals surface area contributed by atoms with Gasteiger partial charge in [0.05, 0.1) is 65.9 Å². The fourth-order valence-corrected chi connectivity index (χ4v) is 14.0. The van der Waals surface area contributed by atoms with E-state index in [9.17, 15) is 0 Å². The van der Waals surface area contributed by atoms with Crippen molar-refractivity contribution in [3.63, 3.8) is 0 Å². The van der Waals surface area contributed by atoms with Gasteiger partial charge in [0, 0.05) is 0 Å². The molecule has 6 aromatic rings. The Morgan fingerprint density at radius 1 is 0.487 bits per heavy atom. The average Bonchev–Trinajstić information content (AvgIpc) is 4.08. The zero-order valence-corrected chi connectivity index (χ0v) is 49.5. The monoisotopic (exact) mass is 1140 g/mol. The number of benzene rings is 2. The van der Waals surface area contributed by atoms with Crippen LogP contribution in [0.4, 0.5) is 27.5 Å². The fourth-order valence-electron chi connectivity index (χ4n) is 10.7. The summed E-state index contributed by atoms with van der Waals surface area (Å²) in [5.41, 5.74) is 1.65. The second-order valence-corrected chi connectivity index (χ2v) is 24.9. The van der Waals surface area contributed by atoms with Gasteiger partial charge in [-0.1, -0.05) is 191 Å². The summed E-state index contributed by atoms with van der Waals surface area (Å²) in [4.78, 5) is 22.1. The Hall–Kier alpha value is -4.51. The molecule has 0 fully saturated rings. The van der Waals surface area contributed by atoms with Gasteiger partial charge in [-0.15, -0.1) is 22.7 Å². The van der Waals surface area contributed by atoms with Crippen LogP contribution in [0.1, 0.15) is 192 Å². The highest BCUT2D eigenvalue weighted by atomic mass is 32.1. The van der Waals surface area contributed by atoms with Gasteiger partial charge < -0.3 is 19.1 Å². The van der Waals surface area contributed by atoms with Gasteiger partial charge in [-0.05, 0) is 96.8 Å². The summed E-state index contributed by atoms with van der Waals surface area (Å²) in [6, 6.07) is 18.4. The van der Waals surface area contributed by atoms with Gasteiger partial charge in [0.15, 0.2) is 0 Å². The molecule has 8 nitrogen and oxygen atoms in total. The van der Waals surface area contributed by atoms with Crippen molar-refractivity contribution in [2.45, 2.75) is 182 Å². The van der Waals surface area contributed by atoms with Gasteiger partial charge in [0.2, 0.25) is 10.3 Å². The molecule has 0 amide bonds. The summed E-state index contributed by atoms with van der Waals surface area (Å²) in [5, 5.41) is 4.00. The van der Waals surface area contributed by atoms with Gasteiger partial charge in [0.1, 0.15) is 23.2 Å². The molecule has 418 valence electrons. The predicted octanol–water partition coefficient (Wildman–Crippen LogP) is 20.5. The number of hydrogen-bond donors (Lipinski definition) is 0. The summed E-state index contributed by atoms with van der Waals surface area (Å²) in [7, 11) is -6.19. The average molecular weight is 1140 g/mol. The Balaban J connectivity index is 1.10. The second-order valence-electron chi connectivity index (χ2n) is 21.0. The Morgan fingerprint density at radius 3 is 1.19 bits per heavy atom. The Morgan fingerprint density at radius 2 is 0.846 bits per heavy atom. The zero-order chi connectivity index (χ0) is 54.6. The molecule has 6 heterocycles. The lowest BCUT2D eigenvalue weighted by Crippen LogP contribution is -2.38. The van der Waals surface area contributed by atoms with Crippen molar-refractivity contribution in [1.29, 1.82) is 0 Å². The first kappa shape index (κ1) is 59.6. The zero-order valence-electron chi connectivity index (χ0n) is 46.3. The number of hydrogen-bond acceptors (Lipinski definition) is 10. The van der Waals surface area contributed by atoms with Crippen LogP contribution in [0.5, 0.6) is 11.5 Å². The normalized spacial score (nSPS) is 15.5. The van der Waals surface area contributed by atoms with Crippen molar-refractivity contribution in [3.05, 3.63) is 92.3 Å². The number of unbranched alkanes of at least 4 members (excludes halogenated alkanes) is 16. The van der Waals surface area contributed by atoms with Crippen LogP contribution in [-0.2, 0) is 0 Å². The summed E-state index contributed by atoms with van der Waals surface area (Å²) in [6.07, 6.45) is 29.4. The standard InChI is InChI=1S/C60H78B2F4N6O2S4/c1-5-9-13-17-19-23-29-43(27-21-15-11-7-3)41-73-45-33-35-47-51(39-45)77-59(67-47)69-57-53-54(56(71(57)61(63)64)50-32-26-38-76-50)58(72(62(65)66)55(53)49-31-25-37-75-49)70-60-68-48-36-34-46(40-52(48)78-60)74-42-44(28-22-16-12-8-4)30-24-20-18-14-10-6-2/h25-26,31-40,43-44H,5-24,27-30,41-42H2,1-4H3/b69-57-,70-58-. The molecule has 0 radical (unpaired) electrons. The maximum atomic E-state index is 16.0. The third-order valence-electron chi connectivity index (χ3n) is 14.9. The molecule has 0 N–H and O–H groups in total. The first-order chi connectivity index (χ1) is 38.2. The van der Waals surface area contributed by atoms with Crippen LogP contribution in [0.3, 0.4) is 0 Å². The van der Waals surface area contributed by atoms with Crippen LogP contribution in [-0.4, -0.2) is 59.3 Å². The van der Waals surface area contributed by atoms with Crippen molar-refractivity contribution in [2.75, 3.05) is 13.2 Å². The fraction of sp³-hybridized carbons (Fsp3) is 0.533. The SMILES string of the molecule is CCCCCCCCC(CCCCCC)COc1ccc2nc(/N=C3/C4=C(c5cccs5)N(B(F)F)/C(=N\c5nc6ccc(OCC(CCCCCC)CCCCCCCC)cc6s5)C4=C(c4cccs4)N3B(F)F)sc2c1. The van der Waals surface area contributed by atoms with E-state index in [0.717, 1.165) is 56.2 Å². The van der Waals surface area contributed by atoms with Gasteiger partial charge in [-0.25, -0.2) is 20.0 Å². The van der Waals surface area contributed by atoms with Crippen molar-refractivity contribution >= 4 is 114 Å². The Labute approximate surface area is 478 Å². The molecule has 0 bridgehead atoms. The van der Waals surface area contributed by atoms with Crippen molar-refractivity contribution in [3.8, 4) is 11.5 Å². The lowest BCUT2D eigenvalue weighted by atomic mass is 9.95. The molecule has 2 aliphatic heterocycles. The molecule has 2 aromatic carbocycles. The number of fused-ring (bicyclic) bond motifs is 3. The lowest BCUT2D eigenvalue weighted by Gasteiger charge is -2.24. The number of halogens is 4. The van der Waals surface area contributed by atoms with Crippen molar-refractivity contribution in [2.24, 2.45) is 21.8 Å². The van der Waals surface area contributed by atoms with Gasteiger partial charge in [-0.3, -0.25) is 17.3 Å². The first-order valence-corrected chi connectivity index (χ1v) is 32.6. The molecule has 0 saturated carbocycles. The minimum Gasteiger partial charge on any atom is -0.493 e. The molecule has 0 saturated heterocycles. The molecule has 8 rings (SSSR count). The van der Waals surface area contributed by atoms with Crippen molar-refractivity contribution in [1.82, 2.24) is 19.6 Å². The number of rotatable bonds is 36. The predicted molar refractivity (Wildman–Crippen MR) is 327 cm³/mol. The van der Waals surface area contributed by atoms with Gasteiger partial charge in [0.25, 0.3) is 0 Å². The molecule has 2 unspecified atom stereocenters. The van der Waals surface area contributed by atoms with Gasteiger partial charge in [-0.2, -0.15) is 0 Å². The molecular formula is C60H78B2F4N6O2S4. The number of thiophene rings is 2. The number of aliphatic imine (C=N–C) groups is 2. The number of ether oxygens (including phenoxy) is 2. The van der Waals surface area contributed by atoms with Crippen LogP contribution in [0.2, 0.25) is 0 Å². The minimum absolute atomic E-state index is 0.0497. The van der Waals surface area contributed by atoms with E-state index in [0.29, 0.717) is 45.8 Å². The van der Waals surface area contributed by atoms with Crippen LogP contribution >= 0.6 is 45.3 Å². The van der Waals surface area contributed by atoms with E-state index in [-0.39, 0.29) is 44.5 Å². The highest BCUT2D eigenvalue weighted by molar-refractivity contribution is 7.22. The Bertz CT molecular complexity index is 2710. The third kappa shape index (κ3) is 15.9. The number of thiazole rings is 2. The molecule has 2 atom stereocenters. The first-order valence-electron chi connectivity index (χ1n) is 29.2. The topological polar surface area (TPSA) is 75.4 Å². The molecule has 18 heteroatoms. The van der Waals surface area contributed by atoms with Crippen LogP contribution < -0.4 is 9.47 Å². The van der Waals surface area contributed by atoms with E-state index in [4.69, 9.17) is 29.4 Å². The summed E-state index contributed by atoms with van der Waals surface area (Å²) >= 11 is 5.00. The number of nitrogens with zero attached hydrogens (tertiary/aromatic N) is 6. The molecule has 78 heavy (non-hydrogen) atoms. The third-order valence-corrected chi connectivity index (χ3v) is 18.5. The van der Waals surface area contributed by atoms with E-state index in [1.807, 2.05) is 36.4 Å². The van der Waals surface area contributed by atoms with Crippen LogP contribution in [0.25, 0.3) is 31.8 Å². The lowest BCUT2D eigenvalue weighted by molar-refractivity contribution is 0.224. The van der Waals surface area contributed by atoms with E-state index in [2.05, 4.69) is 27.7 Å². The quantitative estimate of drug-likeness (QED) is 0.0222. The number of amidine groups is 2. The number of aromatic nitrogens is 2.